The van der Waals surface area contributed by atoms with Crippen LogP contribution < -0.4 is 0 Å². The van der Waals surface area contributed by atoms with E-state index in [0.29, 0.717) is 11.8 Å². The Bertz CT molecular complexity index is 309. The molecule has 1 fully saturated rings. The highest BCUT2D eigenvalue weighted by atomic mass is 35.5. The quantitative estimate of drug-likeness (QED) is 0.727. The molecule has 2 atom stereocenters. The highest BCUT2D eigenvalue weighted by Gasteiger charge is 2.31. The second-order valence-electron chi connectivity index (χ2n) is 3.39. The topological polar surface area (TPSA) is 38.7 Å². The number of hydrogen-bond donors (Lipinski definition) is 0. The highest BCUT2D eigenvalue weighted by Crippen LogP contribution is 2.40. The van der Waals surface area contributed by atoms with Gasteiger partial charge in [0.2, 0.25) is 10.6 Å². The van der Waals surface area contributed by atoms with Gasteiger partial charge < -0.3 is 0 Å². The lowest BCUT2D eigenvalue weighted by Crippen LogP contribution is -2.23. The summed E-state index contributed by atoms with van der Waals surface area (Å²) in [6, 6.07) is 0. The fourth-order valence-electron chi connectivity index (χ4n) is 1.56. The van der Waals surface area contributed by atoms with Crippen LogP contribution in [0.2, 0.25) is 10.6 Å². The highest BCUT2D eigenvalue weighted by molar-refractivity contribution is 6.31. The third-order valence-electron chi connectivity index (χ3n) is 2.55. The van der Waals surface area contributed by atoms with E-state index in [0.717, 1.165) is 12.2 Å². The van der Waals surface area contributed by atoms with Crippen LogP contribution in [0.25, 0.3) is 0 Å². The van der Waals surface area contributed by atoms with Crippen LogP contribution in [-0.2, 0) is 0 Å². The Balaban J connectivity index is 2.29. The first-order valence-electron chi connectivity index (χ1n) is 4.24. The third kappa shape index (κ3) is 1.76. The normalized spacial score (nSPS) is 27.0. The van der Waals surface area contributed by atoms with Crippen LogP contribution >= 0.6 is 23.2 Å². The van der Waals surface area contributed by atoms with Crippen LogP contribution in [-0.4, -0.2) is 15.0 Å². The maximum absolute atomic E-state index is 5.68. The Morgan fingerprint density at radius 1 is 1.08 bits per heavy atom. The Kier molecular flexibility index (Phi) is 2.39. The second-order valence-corrected chi connectivity index (χ2v) is 4.07. The van der Waals surface area contributed by atoms with Crippen molar-refractivity contribution in [3.05, 3.63) is 16.4 Å². The van der Waals surface area contributed by atoms with Crippen molar-refractivity contribution in [3.8, 4) is 0 Å². The van der Waals surface area contributed by atoms with E-state index in [9.17, 15) is 0 Å². The molecule has 1 aliphatic rings. The minimum Gasteiger partial charge on any atom is -0.202 e. The van der Waals surface area contributed by atoms with Crippen LogP contribution in [0.5, 0.6) is 0 Å². The Morgan fingerprint density at radius 3 is 2.08 bits per heavy atom. The summed E-state index contributed by atoms with van der Waals surface area (Å²) in [6.07, 6.45) is 2.35. The summed E-state index contributed by atoms with van der Waals surface area (Å²) in [5, 5.41) is 0.378. The van der Waals surface area contributed by atoms with Gasteiger partial charge in [0.25, 0.3) is 0 Å². The first-order valence-corrected chi connectivity index (χ1v) is 4.99. The second kappa shape index (κ2) is 3.39. The van der Waals surface area contributed by atoms with Crippen LogP contribution in [0, 0.1) is 5.92 Å². The molecule has 0 saturated heterocycles. The van der Waals surface area contributed by atoms with E-state index >= 15 is 0 Å². The fourth-order valence-corrected chi connectivity index (χ4v) is 1.93. The molecular weight excluding hydrogens is 209 g/mol. The molecule has 1 heterocycles. The van der Waals surface area contributed by atoms with Gasteiger partial charge in [0, 0.05) is 5.92 Å². The van der Waals surface area contributed by atoms with E-state index in [-0.39, 0.29) is 10.6 Å². The Hall–Kier alpha value is -0.410. The predicted octanol–water partition coefficient (Wildman–Crippen LogP) is 2.69. The van der Waals surface area contributed by atoms with Gasteiger partial charge in [-0.15, -0.1) is 0 Å². The van der Waals surface area contributed by atoms with E-state index in [1.54, 1.807) is 0 Å². The summed E-state index contributed by atoms with van der Waals surface area (Å²) in [5.41, 5.74) is 0. The zero-order valence-electron chi connectivity index (χ0n) is 7.17. The Morgan fingerprint density at radius 2 is 1.69 bits per heavy atom. The van der Waals surface area contributed by atoms with Crippen LogP contribution in [0.4, 0.5) is 0 Å². The third-order valence-corrected chi connectivity index (χ3v) is 2.89. The average molecular weight is 218 g/mol. The molecule has 0 amide bonds. The van der Waals surface area contributed by atoms with Gasteiger partial charge >= 0.3 is 0 Å². The summed E-state index contributed by atoms with van der Waals surface area (Å²) in [7, 11) is 0. The average Bonchev–Trinajstić information content (AvgIpc) is 1.99. The van der Waals surface area contributed by atoms with Crippen molar-refractivity contribution >= 4 is 23.2 Å². The standard InChI is InChI=1S/C8H9Cl2N3/c1-4-2-3-5(4)6-11-7(9)13-8(10)12-6/h4-5H,2-3H2,1H3. The molecule has 3 nitrogen and oxygen atoms in total. The van der Waals surface area contributed by atoms with Crippen LogP contribution in [0.1, 0.15) is 31.5 Å². The lowest BCUT2D eigenvalue weighted by atomic mass is 9.74. The first kappa shape index (κ1) is 9.16. The maximum Gasteiger partial charge on any atom is 0.226 e. The summed E-state index contributed by atoms with van der Waals surface area (Å²) in [5.74, 6) is 1.79. The number of rotatable bonds is 1. The van der Waals surface area contributed by atoms with Gasteiger partial charge in [0.1, 0.15) is 5.82 Å². The molecule has 1 aromatic rings. The summed E-state index contributed by atoms with van der Waals surface area (Å²) in [6.45, 7) is 2.18. The van der Waals surface area contributed by atoms with Crippen molar-refractivity contribution in [2.75, 3.05) is 0 Å². The molecule has 70 valence electrons. The molecule has 1 aliphatic carbocycles. The number of nitrogens with zero attached hydrogens (tertiary/aromatic N) is 3. The van der Waals surface area contributed by atoms with Crippen molar-refractivity contribution in [2.24, 2.45) is 5.92 Å². The fraction of sp³-hybridized carbons (Fsp3) is 0.625. The molecule has 13 heavy (non-hydrogen) atoms. The van der Waals surface area contributed by atoms with E-state index in [4.69, 9.17) is 23.2 Å². The molecule has 1 aromatic heterocycles. The molecule has 0 radical (unpaired) electrons. The summed E-state index contributed by atoms with van der Waals surface area (Å²) in [4.78, 5) is 11.8. The molecule has 1 saturated carbocycles. The van der Waals surface area contributed by atoms with Gasteiger partial charge in [-0.25, -0.2) is 9.97 Å². The molecular formula is C8H9Cl2N3. The van der Waals surface area contributed by atoms with Crippen molar-refractivity contribution in [3.63, 3.8) is 0 Å². The van der Waals surface area contributed by atoms with Gasteiger partial charge in [-0.3, -0.25) is 0 Å². The monoisotopic (exact) mass is 217 g/mol. The van der Waals surface area contributed by atoms with Crippen molar-refractivity contribution in [1.82, 2.24) is 15.0 Å². The predicted molar refractivity (Wildman–Crippen MR) is 51.0 cm³/mol. The Labute approximate surface area is 86.5 Å². The van der Waals surface area contributed by atoms with E-state index in [1.165, 1.54) is 6.42 Å². The van der Waals surface area contributed by atoms with Gasteiger partial charge in [0.15, 0.2) is 0 Å². The zero-order valence-corrected chi connectivity index (χ0v) is 8.68. The molecule has 0 aliphatic heterocycles. The van der Waals surface area contributed by atoms with Crippen molar-refractivity contribution in [2.45, 2.75) is 25.7 Å². The van der Waals surface area contributed by atoms with Crippen LogP contribution in [0.3, 0.4) is 0 Å². The zero-order chi connectivity index (χ0) is 9.42. The lowest BCUT2D eigenvalue weighted by Gasteiger charge is -2.32. The van der Waals surface area contributed by atoms with E-state index < -0.39 is 0 Å². The number of halogens is 2. The van der Waals surface area contributed by atoms with Crippen molar-refractivity contribution in [1.29, 1.82) is 0 Å². The molecule has 5 heteroatoms. The van der Waals surface area contributed by atoms with E-state index in [2.05, 4.69) is 21.9 Å². The van der Waals surface area contributed by atoms with Crippen LogP contribution in [0.15, 0.2) is 0 Å². The minimum atomic E-state index is 0.189. The number of aromatic nitrogens is 3. The van der Waals surface area contributed by atoms with E-state index in [1.807, 2.05) is 0 Å². The van der Waals surface area contributed by atoms with Gasteiger partial charge in [-0.1, -0.05) is 6.92 Å². The molecule has 2 unspecified atom stereocenters. The summed E-state index contributed by atoms with van der Waals surface area (Å²) >= 11 is 11.4. The van der Waals surface area contributed by atoms with Gasteiger partial charge in [-0.05, 0) is 42.0 Å². The van der Waals surface area contributed by atoms with Gasteiger partial charge in [0.05, 0.1) is 0 Å². The van der Waals surface area contributed by atoms with Crippen molar-refractivity contribution < 1.29 is 0 Å². The maximum atomic E-state index is 5.68. The SMILES string of the molecule is CC1CCC1c1nc(Cl)nc(Cl)n1. The van der Waals surface area contributed by atoms with Gasteiger partial charge in [-0.2, -0.15) is 4.98 Å². The molecule has 2 rings (SSSR count). The smallest absolute Gasteiger partial charge is 0.202 e. The number of hydrogen-bond acceptors (Lipinski definition) is 3. The molecule has 0 spiro atoms. The summed E-state index contributed by atoms with van der Waals surface area (Å²) < 4.78 is 0. The first-order chi connectivity index (χ1) is 6.16. The molecule has 0 bridgehead atoms. The lowest BCUT2D eigenvalue weighted by molar-refractivity contribution is 0.268. The largest absolute Gasteiger partial charge is 0.226 e. The molecule has 0 N–H and O–H groups in total. The molecule has 0 aromatic carbocycles. The minimum absolute atomic E-state index is 0.189.